The van der Waals surface area contributed by atoms with Crippen molar-refractivity contribution in [1.29, 1.82) is 0 Å². The van der Waals surface area contributed by atoms with Gasteiger partial charge in [-0.3, -0.25) is 9.67 Å². The Hall–Kier alpha value is -0.790. The van der Waals surface area contributed by atoms with Gasteiger partial charge < -0.3 is 11.1 Å². The van der Waals surface area contributed by atoms with Gasteiger partial charge in [-0.15, -0.1) is 24.0 Å². The lowest BCUT2D eigenvalue weighted by molar-refractivity contribution is 0.625. The second kappa shape index (κ2) is 7.60. The Bertz CT molecular complexity index is 382. The molecule has 6 heteroatoms. The van der Waals surface area contributed by atoms with Crippen molar-refractivity contribution in [3.8, 4) is 0 Å². The molecule has 0 spiro atoms. The number of nitrogens with two attached hydrogens (primary N) is 1. The zero-order chi connectivity index (χ0) is 12.1. The third kappa shape index (κ3) is 4.83. The molecule has 2 rings (SSSR count). The van der Waals surface area contributed by atoms with Crippen LogP contribution in [0, 0.1) is 0 Å². The number of guanidine groups is 1. The maximum Gasteiger partial charge on any atom is 0.188 e. The summed E-state index contributed by atoms with van der Waals surface area (Å²) in [7, 11) is 1.92. The predicted molar refractivity (Wildman–Crippen MR) is 84.2 cm³/mol. The summed E-state index contributed by atoms with van der Waals surface area (Å²) >= 11 is 0. The number of rotatable bonds is 4. The lowest BCUT2D eigenvalue weighted by Gasteiger charge is -2.11. The molecule has 0 radical (unpaired) electrons. The van der Waals surface area contributed by atoms with Crippen molar-refractivity contribution in [3.63, 3.8) is 0 Å². The Morgan fingerprint density at radius 3 is 2.89 bits per heavy atom. The minimum Gasteiger partial charge on any atom is -0.370 e. The average molecular weight is 363 g/mol. The van der Waals surface area contributed by atoms with E-state index in [0.717, 1.165) is 13.0 Å². The Morgan fingerprint density at radius 2 is 2.28 bits per heavy atom. The fourth-order valence-corrected chi connectivity index (χ4v) is 2.23. The molecule has 0 unspecified atom stereocenters. The summed E-state index contributed by atoms with van der Waals surface area (Å²) < 4.78 is 1.80. The minimum atomic E-state index is 0. The Balaban J connectivity index is 0.00000162. The third-order valence-electron chi connectivity index (χ3n) is 3.15. The Labute approximate surface area is 125 Å². The molecule has 0 bridgehead atoms. The monoisotopic (exact) mass is 363 g/mol. The summed E-state index contributed by atoms with van der Waals surface area (Å²) in [5.74, 6) is 0.584. The van der Waals surface area contributed by atoms with E-state index >= 15 is 0 Å². The molecule has 1 aromatic rings. The van der Waals surface area contributed by atoms with Crippen LogP contribution in [-0.4, -0.2) is 28.3 Å². The maximum absolute atomic E-state index is 5.84. The van der Waals surface area contributed by atoms with E-state index in [4.69, 9.17) is 5.73 Å². The van der Waals surface area contributed by atoms with E-state index in [1.165, 1.54) is 31.2 Å². The first-order valence-corrected chi connectivity index (χ1v) is 6.28. The SMILES string of the molecule is Cn1cc(CCN=C(N)NC2CCCC2)cn1.I. The van der Waals surface area contributed by atoms with Crippen molar-refractivity contribution >= 4 is 29.9 Å². The number of aromatic nitrogens is 2. The molecule has 1 heterocycles. The molecule has 5 nitrogen and oxygen atoms in total. The van der Waals surface area contributed by atoms with Crippen LogP contribution >= 0.6 is 24.0 Å². The van der Waals surface area contributed by atoms with Crippen LogP contribution in [0.3, 0.4) is 0 Å². The molecule has 102 valence electrons. The predicted octanol–water partition coefficient (Wildman–Crippen LogP) is 1.43. The van der Waals surface area contributed by atoms with Gasteiger partial charge in [-0.2, -0.15) is 5.10 Å². The van der Waals surface area contributed by atoms with Crippen molar-refractivity contribution in [2.45, 2.75) is 38.1 Å². The summed E-state index contributed by atoms with van der Waals surface area (Å²) in [6, 6.07) is 0.539. The van der Waals surface area contributed by atoms with Gasteiger partial charge in [-0.1, -0.05) is 12.8 Å². The molecule has 0 aliphatic heterocycles. The first kappa shape index (κ1) is 15.3. The van der Waals surface area contributed by atoms with E-state index < -0.39 is 0 Å². The van der Waals surface area contributed by atoms with E-state index in [-0.39, 0.29) is 24.0 Å². The molecular weight excluding hydrogens is 341 g/mol. The van der Waals surface area contributed by atoms with Crippen LogP contribution in [0.1, 0.15) is 31.2 Å². The van der Waals surface area contributed by atoms with Gasteiger partial charge in [0, 0.05) is 25.8 Å². The summed E-state index contributed by atoms with van der Waals surface area (Å²) in [5, 5.41) is 7.40. The first-order valence-electron chi connectivity index (χ1n) is 6.28. The molecule has 0 aromatic carbocycles. The van der Waals surface area contributed by atoms with Gasteiger partial charge in [0.1, 0.15) is 0 Å². The second-order valence-corrected chi connectivity index (χ2v) is 4.66. The van der Waals surface area contributed by atoms with Gasteiger partial charge in [-0.05, 0) is 24.8 Å². The minimum absolute atomic E-state index is 0. The van der Waals surface area contributed by atoms with Crippen LogP contribution < -0.4 is 11.1 Å². The normalized spacial score (nSPS) is 16.6. The zero-order valence-electron chi connectivity index (χ0n) is 10.8. The van der Waals surface area contributed by atoms with Crippen LogP contribution in [0.2, 0.25) is 0 Å². The van der Waals surface area contributed by atoms with Crippen LogP contribution in [0.4, 0.5) is 0 Å². The van der Waals surface area contributed by atoms with Crippen molar-refractivity contribution in [3.05, 3.63) is 18.0 Å². The largest absolute Gasteiger partial charge is 0.370 e. The van der Waals surface area contributed by atoms with E-state index in [1.54, 1.807) is 4.68 Å². The number of aliphatic imine (C=N–C) groups is 1. The fourth-order valence-electron chi connectivity index (χ4n) is 2.23. The quantitative estimate of drug-likeness (QED) is 0.483. The highest BCUT2D eigenvalue weighted by Crippen LogP contribution is 2.17. The van der Waals surface area contributed by atoms with Crippen molar-refractivity contribution in [1.82, 2.24) is 15.1 Å². The van der Waals surface area contributed by atoms with Gasteiger partial charge in [0.2, 0.25) is 0 Å². The summed E-state index contributed by atoms with van der Waals surface area (Å²) in [6.45, 7) is 0.719. The summed E-state index contributed by atoms with van der Waals surface area (Å²) in [6.07, 6.45) is 9.83. The molecule has 0 amide bonds. The molecule has 0 atom stereocenters. The summed E-state index contributed by atoms with van der Waals surface area (Å²) in [4.78, 5) is 4.34. The van der Waals surface area contributed by atoms with Crippen LogP contribution in [0.25, 0.3) is 0 Å². The van der Waals surface area contributed by atoms with E-state index in [1.807, 2.05) is 19.4 Å². The molecule has 1 fully saturated rings. The number of halogens is 1. The van der Waals surface area contributed by atoms with Crippen LogP contribution in [-0.2, 0) is 13.5 Å². The van der Waals surface area contributed by atoms with Gasteiger partial charge in [0.15, 0.2) is 5.96 Å². The highest BCUT2D eigenvalue weighted by molar-refractivity contribution is 14.0. The second-order valence-electron chi connectivity index (χ2n) is 4.66. The van der Waals surface area contributed by atoms with Crippen molar-refractivity contribution in [2.75, 3.05) is 6.54 Å². The topological polar surface area (TPSA) is 68.2 Å². The number of aryl methyl sites for hydroxylation is 1. The van der Waals surface area contributed by atoms with E-state index in [0.29, 0.717) is 12.0 Å². The molecular formula is C12H22IN5. The lowest BCUT2D eigenvalue weighted by Crippen LogP contribution is -2.38. The number of nitrogens with one attached hydrogen (secondary N) is 1. The number of hydrogen-bond acceptors (Lipinski definition) is 2. The van der Waals surface area contributed by atoms with Gasteiger partial charge in [0.25, 0.3) is 0 Å². The number of hydrogen-bond donors (Lipinski definition) is 2. The first-order chi connectivity index (χ1) is 8.24. The molecule has 1 aliphatic carbocycles. The molecule has 1 saturated carbocycles. The van der Waals surface area contributed by atoms with E-state index in [2.05, 4.69) is 15.4 Å². The molecule has 1 aromatic heterocycles. The van der Waals surface area contributed by atoms with E-state index in [9.17, 15) is 0 Å². The fraction of sp³-hybridized carbons (Fsp3) is 0.667. The van der Waals surface area contributed by atoms with Crippen molar-refractivity contribution in [2.24, 2.45) is 17.8 Å². The molecule has 0 saturated heterocycles. The Morgan fingerprint density at radius 1 is 1.56 bits per heavy atom. The molecule has 18 heavy (non-hydrogen) atoms. The van der Waals surface area contributed by atoms with Gasteiger partial charge in [-0.25, -0.2) is 0 Å². The van der Waals surface area contributed by atoms with Crippen molar-refractivity contribution < 1.29 is 0 Å². The highest BCUT2D eigenvalue weighted by atomic mass is 127. The lowest BCUT2D eigenvalue weighted by atomic mass is 10.2. The molecule has 1 aliphatic rings. The van der Waals surface area contributed by atoms with Gasteiger partial charge in [0.05, 0.1) is 6.20 Å². The van der Waals surface area contributed by atoms with Crippen LogP contribution in [0.15, 0.2) is 17.4 Å². The molecule has 3 N–H and O–H groups in total. The zero-order valence-corrected chi connectivity index (χ0v) is 13.1. The highest BCUT2D eigenvalue weighted by Gasteiger charge is 2.14. The smallest absolute Gasteiger partial charge is 0.188 e. The maximum atomic E-state index is 5.84. The summed E-state index contributed by atoms with van der Waals surface area (Å²) in [5.41, 5.74) is 7.04. The average Bonchev–Trinajstić information content (AvgIpc) is 2.90. The van der Waals surface area contributed by atoms with Gasteiger partial charge >= 0.3 is 0 Å². The number of nitrogens with zero attached hydrogens (tertiary/aromatic N) is 3. The van der Waals surface area contributed by atoms with Crippen LogP contribution in [0.5, 0.6) is 0 Å². The standard InChI is InChI=1S/C12H21N5.HI/c1-17-9-10(8-15-17)6-7-14-12(13)16-11-4-2-3-5-11;/h8-9,11H,2-7H2,1H3,(H3,13,14,16);1H. The Kier molecular flexibility index (Phi) is 6.45. The third-order valence-corrected chi connectivity index (χ3v) is 3.15.